The van der Waals surface area contributed by atoms with E-state index in [1.807, 2.05) is 32.2 Å². The molecule has 0 unspecified atom stereocenters. The summed E-state index contributed by atoms with van der Waals surface area (Å²) < 4.78 is 0. The summed E-state index contributed by atoms with van der Waals surface area (Å²) in [6.45, 7) is 4.95. The van der Waals surface area contributed by atoms with Gasteiger partial charge < -0.3 is 15.6 Å². The van der Waals surface area contributed by atoms with Gasteiger partial charge in [-0.2, -0.15) is 0 Å². The molecular weight excluding hydrogens is 178 g/mol. The molecule has 0 atom stereocenters. The molecule has 0 aliphatic rings. The Morgan fingerprint density at radius 1 is 1.57 bits per heavy atom. The van der Waals surface area contributed by atoms with Crippen molar-refractivity contribution in [2.75, 3.05) is 6.54 Å². The van der Waals surface area contributed by atoms with E-state index in [-0.39, 0.29) is 11.9 Å². The summed E-state index contributed by atoms with van der Waals surface area (Å²) in [7, 11) is 0. The van der Waals surface area contributed by atoms with Crippen molar-refractivity contribution in [2.45, 2.75) is 26.4 Å². The molecule has 0 fully saturated rings. The summed E-state index contributed by atoms with van der Waals surface area (Å²) >= 11 is 0. The molecule has 14 heavy (non-hydrogen) atoms. The maximum atomic E-state index is 11.2. The van der Waals surface area contributed by atoms with Crippen molar-refractivity contribution >= 4 is 5.91 Å². The molecule has 78 valence electrons. The molecule has 3 N–H and O–H groups in total. The van der Waals surface area contributed by atoms with E-state index in [9.17, 15) is 4.79 Å². The molecule has 0 bridgehead atoms. The summed E-state index contributed by atoms with van der Waals surface area (Å²) in [6.07, 6.45) is 1.87. The topological polar surface area (TPSA) is 56.9 Å². The highest BCUT2D eigenvalue weighted by atomic mass is 16.1. The molecule has 0 spiro atoms. The van der Waals surface area contributed by atoms with Crippen LogP contribution in [-0.2, 0) is 11.3 Å². The third-order valence-corrected chi connectivity index (χ3v) is 1.71. The van der Waals surface area contributed by atoms with Gasteiger partial charge in [-0.15, -0.1) is 0 Å². The molecule has 0 radical (unpaired) electrons. The quantitative estimate of drug-likeness (QED) is 0.645. The SMILES string of the molecule is CC(C)NC(=O)CNCc1ccc[nH]1. The minimum atomic E-state index is 0.0338. The van der Waals surface area contributed by atoms with Crippen LogP contribution in [-0.4, -0.2) is 23.5 Å². The third-order valence-electron chi connectivity index (χ3n) is 1.71. The van der Waals surface area contributed by atoms with Crippen LogP contribution in [0, 0.1) is 0 Å². The lowest BCUT2D eigenvalue weighted by Crippen LogP contribution is -2.37. The molecule has 4 heteroatoms. The number of amides is 1. The van der Waals surface area contributed by atoms with Gasteiger partial charge in [-0.05, 0) is 26.0 Å². The van der Waals surface area contributed by atoms with E-state index in [0.29, 0.717) is 13.1 Å². The lowest BCUT2D eigenvalue weighted by atomic mass is 10.4. The molecule has 1 heterocycles. The minimum absolute atomic E-state index is 0.0338. The van der Waals surface area contributed by atoms with Crippen LogP contribution in [0.5, 0.6) is 0 Å². The second-order valence-corrected chi connectivity index (χ2v) is 3.52. The van der Waals surface area contributed by atoms with Crippen LogP contribution in [0.4, 0.5) is 0 Å². The van der Waals surface area contributed by atoms with Crippen molar-refractivity contribution < 1.29 is 4.79 Å². The molecule has 4 nitrogen and oxygen atoms in total. The highest BCUT2D eigenvalue weighted by molar-refractivity contribution is 5.78. The van der Waals surface area contributed by atoms with Crippen LogP contribution in [0.1, 0.15) is 19.5 Å². The van der Waals surface area contributed by atoms with Crippen LogP contribution >= 0.6 is 0 Å². The maximum Gasteiger partial charge on any atom is 0.234 e. The smallest absolute Gasteiger partial charge is 0.234 e. The van der Waals surface area contributed by atoms with Gasteiger partial charge in [-0.1, -0.05) is 0 Å². The largest absolute Gasteiger partial charge is 0.364 e. The third kappa shape index (κ3) is 4.09. The predicted octanol–water partition coefficient (Wildman–Crippen LogP) is 0.629. The Labute approximate surface area is 84.1 Å². The van der Waals surface area contributed by atoms with Crippen molar-refractivity contribution in [2.24, 2.45) is 0 Å². The van der Waals surface area contributed by atoms with Gasteiger partial charge in [0, 0.05) is 24.5 Å². The highest BCUT2D eigenvalue weighted by Crippen LogP contribution is 1.91. The molecule has 1 aromatic rings. The molecule has 1 amide bonds. The van der Waals surface area contributed by atoms with Gasteiger partial charge in [0.15, 0.2) is 0 Å². The van der Waals surface area contributed by atoms with Crippen molar-refractivity contribution in [1.29, 1.82) is 0 Å². The Morgan fingerprint density at radius 2 is 2.36 bits per heavy atom. The van der Waals surface area contributed by atoms with Gasteiger partial charge in [-0.3, -0.25) is 4.79 Å². The van der Waals surface area contributed by atoms with Crippen LogP contribution in [0.25, 0.3) is 0 Å². The second-order valence-electron chi connectivity index (χ2n) is 3.52. The summed E-state index contributed by atoms with van der Waals surface area (Å²) in [5, 5.41) is 5.86. The Bertz CT molecular complexity index is 267. The zero-order valence-electron chi connectivity index (χ0n) is 8.63. The van der Waals surface area contributed by atoms with Crippen molar-refractivity contribution in [1.82, 2.24) is 15.6 Å². The standard InChI is InChI=1S/C10H17N3O/c1-8(2)13-10(14)7-11-6-9-4-3-5-12-9/h3-5,8,11-12H,6-7H2,1-2H3,(H,13,14). The first-order valence-corrected chi connectivity index (χ1v) is 4.81. The normalized spacial score (nSPS) is 10.5. The molecular formula is C10H17N3O. The highest BCUT2D eigenvalue weighted by Gasteiger charge is 2.01. The minimum Gasteiger partial charge on any atom is -0.364 e. The van der Waals surface area contributed by atoms with Gasteiger partial charge in [0.1, 0.15) is 0 Å². The van der Waals surface area contributed by atoms with E-state index in [2.05, 4.69) is 15.6 Å². The maximum absolute atomic E-state index is 11.2. The number of H-pyrrole nitrogens is 1. The monoisotopic (exact) mass is 195 g/mol. The number of hydrogen-bond donors (Lipinski definition) is 3. The zero-order valence-corrected chi connectivity index (χ0v) is 8.63. The van der Waals surface area contributed by atoms with Gasteiger partial charge in [0.05, 0.1) is 6.54 Å². The molecule has 1 rings (SSSR count). The van der Waals surface area contributed by atoms with Gasteiger partial charge in [-0.25, -0.2) is 0 Å². The fraction of sp³-hybridized carbons (Fsp3) is 0.500. The summed E-state index contributed by atoms with van der Waals surface area (Å²) in [6, 6.07) is 4.12. The first-order valence-electron chi connectivity index (χ1n) is 4.81. The number of carbonyl (C=O) groups is 1. The van der Waals surface area contributed by atoms with E-state index >= 15 is 0 Å². The number of aromatic amines is 1. The Balaban J connectivity index is 2.12. The average Bonchev–Trinajstić information content (AvgIpc) is 2.55. The first-order chi connectivity index (χ1) is 6.68. The second kappa shape index (κ2) is 5.44. The van der Waals surface area contributed by atoms with E-state index in [4.69, 9.17) is 0 Å². The number of rotatable bonds is 5. The van der Waals surface area contributed by atoms with Gasteiger partial charge >= 0.3 is 0 Å². The fourth-order valence-electron chi connectivity index (χ4n) is 1.16. The van der Waals surface area contributed by atoms with Gasteiger partial charge in [0.25, 0.3) is 0 Å². The van der Waals surface area contributed by atoms with Crippen molar-refractivity contribution in [3.05, 3.63) is 24.0 Å². The zero-order chi connectivity index (χ0) is 10.4. The molecule has 1 aromatic heterocycles. The number of hydrogen-bond acceptors (Lipinski definition) is 2. The molecule has 0 aromatic carbocycles. The predicted molar refractivity (Wildman–Crippen MR) is 55.8 cm³/mol. The van der Waals surface area contributed by atoms with Crippen molar-refractivity contribution in [3.8, 4) is 0 Å². The fourth-order valence-corrected chi connectivity index (χ4v) is 1.16. The molecule has 0 aliphatic heterocycles. The number of aromatic nitrogens is 1. The van der Waals surface area contributed by atoms with E-state index < -0.39 is 0 Å². The van der Waals surface area contributed by atoms with Crippen LogP contribution in [0.15, 0.2) is 18.3 Å². The Morgan fingerprint density at radius 3 is 2.93 bits per heavy atom. The first kappa shape index (κ1) is 10.8. The van der Waals surface area contributed by atoms with Gasteiger partial charge in [0.2, 0.25) is 5.91 Å². The summed E-state index contributed by atoms with van der Waals surface area (Å²) in [5.74, 6) is 0.0338. The van der Waals surface area contributed by atoms with E-state index in [1.165, 1.54) is 0 Å². The Hall–Kier alpha value is -1.29. The Kier molecular flexibility index (Phi) is 4.19. The van der Waals surface area contributed by atoms with Crippen LogP contribution < -0.4 is 10.6 Å². The lowest BCUT2D eigenvalue weighted by Gasteiger charge is -2.08. The number of nitrogens with one attached hydrogen (secondary N) is 3. The van der Waals surface area contributed by atoms with E-state index in [0.717, 1.165) is 5.69 Å². The average molecular weight is 195 g/mol. The molecule has 0 saturated carbocycles. The van der Waals surface area contributed by atoms with Crippen molar-refractivity contribution in [3.63, 3.8) is 0 Å². The lowest BCUT2D eigenvalue weighted by molar-refractivity contribution is -0.120. The number of carbonyl (C=O) groups excluding carboxylic acids is 1. The molecule has 0 aliphatic carbocycles. The van der Waals surface area contributed by atoms with Crippen LogP contribution in [0.2, 0.25) is 0 Å². The van der Waals surface area contributed by atoms with Crippen LogP contribution in [0.3, 0.4) is 0 Å². The van der Waals surface area contributed by atoms with E-state index in [1.54, 1.807) is 0 Å². The molecule has 0 saturated heterocycles. The summed E-state index contributed by atoms with van der Waals surface area (Å²) in [4.78, 5) is 14.3. The summed E-state index contributed by atoms with van der Waals surface area (Å²) in [5.41, 5.74) is 1.09.